The average molecular weight is 772 g/mol. The Morgan fingerprint density at radius 2 is 0.847 bits per heavy atom. The third-order valence-electron chi connectivity index (χ3n) is 12.8. The van der Waals surface area contributed by atoms with Gasteiger partial charge < -0.3 is 0 Å². The van der Waals surface area contributed by atoms with E-state index in [1.54, 1.807) is 11.3 Å². The van der Waals surface area contributed by atoms with Gasteiger partial charge in [-0.2, -0.15) is 0 Å². The molecule has 0 unspecified atom stereocenters. The highest BCUT2D eigenvalue weighted by molar-refractivity contribution is 7.25. The molecule has 2 aliphatic carbocycles. The lowest BCUT2D eigenvalue weighted by molar-refractivity contribution is 0.563. The van der Waals surface area contributed by atoms with Gasteiger partial charge in [-0.1, -0.05) is 190 Å². The molecule has 0 amide bonds. The summed E-state index contributed by atoms with van der Waals surface area (Å²) < 4.78 is 2.50. The number of fused-ring (bicyclic) bond motifs is 12. The Morgan fingerprint density at radius 3 is 1.56 bits per heavy atom. The third-order valence-corrected chi connectivity index (χ3v) is 14.0. The lowest BCUT2D eigenvalue weighted by Gasteiger charge is -2.46. The fourth-order valence-electron chi connectivity index (χ4n) is 10.2. The van der Waals surface area contributed by atoms with Crippen LogP contribution in [0.3, 0.4) is 0 Å². The fraction of sp³-hybridized carbons (Fsp3) is 0.0727. The summed E-state index contributed by atoms with van der Waals surface area (Å²) in [5, 5.41) is 2.53. The third kappa shape index (κ3) is 4.90. The van der Waals surface area contributed by atoms with Crippen molar-refractivity contribution in [3.63, 3.8) is 0 Å². The molecule has 0 saturated carbocycles. The molecule has 0 N–H and O–H groups in total. The van der Waals surface area contributed by atoms with E-state index < -0.39 is 5.41 Å². The van der Waals surface area contributed by atoms with E-state index >= 15 is 0 Å². The molecule has 4 heteroatoms. The summed E-state index contributed by atoms with van der Waals surface area (Å²) in [6, 6.07) is 68.4. The van der Waals surface area contributed by atoms with Gasteiger partial charge in [-0.25, -0.2) is 15.0 Å². The van der Waals surface area contributed by atoms with Gasteiger partial charge in [0.1, 0.15) is 0 Å². The highest BCUT2D eigenvalue weighted by Crippen LogP contribution is 2.63. The van der Waals surface area contributed by atoms with Gasteiger partial charge in [0.05, 0.1) is 5.41 Å². The molecule has 2 aliphatic rings. The Hall–Kier alpha value is -7.01. The van der Waals surface area contributed by atoms with Crippen LogP contribution >= 0.6 is 11.3 Å². The van der Waals surface area contributed by atoms with Crippen molar-refractivity contribution in [1.29, 1.82) is 0 Å². The molecule has 2 aromatic heterocycles. The fourth-order valence-corrected chi connectivity index (χ4v) is 11.3. The first-order valence-corrected chi connectivity index (χ1v) is 21.1. The van der Waals surface area contributed by atoms with Gasteiger partial charge in [0, 0.05) is 42.3 Å². The van der Waals surface area contributed by atoms with Crippen molar-refractivity contribution >= 4 is 31.5 Å². The molecule has 0 bridgehead atoms. The van der Waals surface area contributed by atoms with Crippen LogP contribution in [0.4, 0.5) is 0 Å². The monoisotopic (exact) mass is 771 g/mol. The number of thiophene rings is 1. The van der Waals surface area contributed by atoms with Gasteiger partial charge in [0.15, 0.2) is 17.5 Å². The van der Waals surface area contributed by atoms with Crippen LogP contribution in [0.25, 0.3) is 76.6 Å². The number of aromatic nitrogens is 3. The molecule has 0 saturated heterocycles. The Balaban J connectivity index is 1.01. The molecule has 59 heavy (non-hydrogen) atoms. The minimum atomic E-state index is -0.432. The minimum Gasteiger partial charge on any atom is -0.208 e. The first-order chi connectivity index (χ1) is 29.0. The van der Waals surface area contributed by atoms with Gasteiger partial charge in [-0.15, -0.1) is 11.3 Å². The second kappa shape index (κ2) is 12.7. The summed E-state index contributed by atoms with van der Waals surface area (Å²) >= 11 is 1.80. The van der Waals surface area contributed by atoms with E-state index in [0.29, 0.717) is 17.5 Å². The Kier molecular flexibility index (Phi) is 7.36. The van der Waals surface area contributed by atoms with Crippen LogP contribution in [0.1, 0.15) is 47.2 Å². The van der Waals surface area contributed by atoms with E-state index in [0.717, 1.165) is 22.3 Å². The molecule has 0 radical (unpaired) electrons. The summed E-state index contributed by atoms with van der Waals surface area (Å²) in [6.45, 7) is 4.75. The second-order valence-corrected chi connectivity index (χ2v) is 17.4. The van der Waals surface area contributed by atoms with Crippen molar-refractivity contribution in [2.45, 2.75) is 24.7 Å². The molecule has 2 heterocycles. The highest BCUT2D eigenvalue weighted by atomic mass is 32.1. The molecular formula is C55H37N3S. The highest BCUT2D eigenvalue weighted by Gasteiger charge is 2.53. The maximum atomic E-state index is 5.14. The number of hydrogen-bond donors (Lipinski definition) is 0. The van der Waals surface area contributed by atoms with Crippen molar-refractivity contribution in [1.82, 2.24) is 15.0 Å². The zero-order valence-corrected chi connectivity index (χ0v) is 33.5. The van der Waals surface area contributed by atoms with Crippen molar-refractivity contribution in [3.8, 4) is 56.4 Å². The van der Waals surface area contributed by atoms with Crippen molar-refractivity contribution < 1.29 is 0 Å². The second-order valence-electron chi connectivity index (χ2n) is 16.3. The number of nitrogens with zero attached hydrogens (tertiary/aromatic N) is 3. The number of rotatable bonds is 4. The molecule has 10 aromatic rings. The molecule has 0 fully saturated rings. The molecule has 8 aromatic carbocycles. The van der Waals surface area contributed by atoms with E-state index in [2.05, 4.69) is 184 Å². The van der Waals surface area contributed by atoms with Crippen LogP contribution < -0.4 is 0 Å². The normalized spacial score (nSPS) is 14.2. The summed E-state index contributed by atoms with van der Waals surface area (Å²) in [7, 11) is 0. The smallest absolute Gasteiger partial charge is 0.164 e. The van der Waals surface area contributed by atoms with E-state index in [1.807, 2.05) is 18.2 Å². The van der Waals surface area contributed by atoms with E-state index in [4.69, 9.17) is 15.0 Å². The topological polar surface area (TPSA) is 38.7 Å². The average Bonchev–Trinajstić information content (AvgIpc) is 3.82. The molecule has 0 atom stereocenters. The van der Waals surface area contributed by atoms with Crippen LogP contribution in [0.2, 0.25) is 0 Å². The van der Waals surface area contributed by atoms with Crippen LogP contribution in [-0.2, 0) is 10.8 Å². The quantitative estimate of drug-likeness (QED) is 0.179. The van der Waals surface area contributed by atoms with Crippen molar-refractivity contribution in [2.75, 3.05) is 0 Å². The van der Waals surface area contributed by atoms with Gasteiger partial charge in [-0.3, -0.25) is 0 Å². The maximum Gasteiger partial charge on any atom is 0.164 e. The van der Waals surface area contributed by atoms with Crippen LogP contribution in [-0.4, -0.2) is 15.0 Å². The minimum absolute atomic E-state index is 0.135. The van der Waals surface area contributed by atoms with Crippen LogP contribution in [0.5, 0.6) is 0 Å². The van der Waals surface area contributed by atoms with Gasteiger partial charge in [-0.05, 0) is 67.8 Å². The van der Waals surface area contributed by atoms with E-state index in [9.17, 15) is 0 Å². The Labute approximate surface area is 347 Å². The zero-order valence-electron chi connectivity index (χ0n) is 32.6. The summed E-state index contributed by atoms with van der Waals surface area (Å²) in [6.07, 6.45) is 0. The van der Waals surface area contributed by atoms with Crippen molar-refractivity contribution in [2.24, 2.45) is 0 Å². The summed E-state index contributed by atoms with van der Waals surface area (Å²) in [5.74, 6) is 1.97. The summed E-state index contributed by atoms with van der Waals surface area (Å²) in [4.78, 5) is 15.3. The van der Waals surface area contributed by atoms with E-state index in [-0.39, 0.29) is 5.41 Å². The maximum absolute atomic E-state index is 5.14. The number of benzene rings is 8. The number of hydrogen-bond acceptors (Lipinski definition) is 4. The lowest BCUT2D eigenvalue weighted by atomic mass is 9.55. The largest absolute Gasteiger partial charge is 0.208 e. The SMILES string of the molecule is CC1(C)c2ccccc2C2(c3ccccc3-c3c(-c4ccc(-c5nc(-c6ccccc6)nc(-c6ccc7c(c6)sc6ccccc67)n5)cc4)cccc32)c2ccccc21. The first-order valence-electron chi connectivity index (χ1n) is 20.3. The van der Waals surface area contributed by atoms with Crippen LogP contribution in [0.15, 0.2) is 188 Å². The first kappa shape index (κ1) is 34.1. The summed E-state index contributed by atoms with van der Waals surface area (Å²) in [5.41, 5.74) is 15.4. The van der Waals surface area contributed by atoms with Gasteiger partial charge >= 0.3 is 0 Å². The Bertz CT molecular complexity index is 3260. The van der Waals surface area contributed by atoms with Gasteiger partial charge in [0.25, 0.3) is 0 Å². The molecule has 1 spiro atoms. The van der Waals surface area contributed by atoms with E-state index in [1.165, 1.54) is 70.2 Å². The zero-order chi connectivity index (χ0) is 39.3. The molecule has 3 nitrogen and oxygen atoms in total. The van der Waals surface area contributed by atoms with Gasteiger partial charge in [0.2, 0.25) is 0 Å². The standard InChI is InChI=1S/C55H37N3S/c1-54(2)43-21-9-11-23-45(43)55(46-24-12-10-22-44(46)54)42-20-8-6-18-41(42)50-38(19-14-25-47(50)55)34-27-29-36(30-28-34)52-56-51(35-15-4-3-5-16-35)57-53(58-52)37-31-32-40-39-17-7-13-26-48(39)59-49(40)33-37/h3-33H,1-2H3. The van der Waals surface area contributed by atoms with Crippen LogP contribution in [0, 0.1) is 0 Å². The predicted molar refractivity (Wildman–Crippen MR) is 244 cm³/mol. The molecule has 0 aliphatic heterocycles. The Morgan fingerprint density at radius 1 is 0.356 bits per heavy atom. The van der Waals surface area contributed by atoms with Crippen molar-refractivity contribution in [3.05, 3.63) is 221 Å². The molecule has 12 rings (SSSR count). The lowest BCUT2D eigenvalue weighted by Crippen LogP contribution is -2.40. The molecular weight excluding hydrogens is 735 g/mol. The molecule has 278 valence electrons. The predicted octanol–water partition coefficient (Wildman–Crippen LogP) is 13.9.